The van der Waals surface area contributed by atoms with Crippen LogP contribution in [0.1, 0.15) is 31.4 Å². The van der Waals surface area contributed by atoms with Crippen molar-refractivity contribution >= 4 is 44.5 Å². The van der Waals surface area contributed by atoms with Crippen molar-refractivity contribution in [3.63, 3.8) is 0 Å². The van der Waals surface area contributed by atoms with Crippen LogP contribution in [-0.2, 0) is 16.1 Å². The second kappa shape index (κ2) is 9.80. The smallest absolute Gasteiger partial charge is 0.243 e. The average Bonchev–Trinajstić information content (AvgIpc) is 3.16. The number of hydrogen-bond donors (Lipinski definition) is 3. The van der Waals surface area contributed by atoms with Crippen LogP contribution >= 0.6 is 11.3 Å². The molecule has 3 aromatic rings. The van der Waals surface area contributed by atoms with Gasteiger partial charge in [0.15, 0.2) is 5.13 Å². The van der Waals surface area contributed by atoms with Crippen molar-refractivity contribution in [1.82, 2.24) is 25.3 Å². The predicted octanol–water partition coefficient (Wildman–Crippen LogP) is 3.40. The molecule has 9 nitrogen and oxygen atoms in total. The molecule has 1 aliphatic rings. The van der Waals surface area contributed by atoms with Gasteiger partial charge in [-0.15, -0.1) is 0 Å². The summed E-state index contributed by atoms with van der Waals surface area (Å²) in [5.74, 6) is 1.02. The summed E-state index contributed by atoms with van der Waals surface area (Å²) in [5.41, 5.74) is 1.60. The standard InChI is InChI=1S/C21H25N7O2S/c1-3-18(29)23-13-6-4-7-14(10-13)24-20-25-15(12-30-2)11-17(27-20)28-21-26-16-8-5-9-22-19(16)31-21/h3,5,8-9,11,13-14H,1,4,6-7,10,12H2,2H3,(H,23,29)(H2,24,25,26,27,28)/t13-,14+/m1/s1. The molecule has 1 saturated carbocycles. The van der Waals surface area contributed by atoms with E-state index in [0.29, 0.717) is 23.5 Å². The monoisotopic (exact) mass is 439 g/mol. The number of anilines is 3. The lowest BCUT2D eigenvalue weighted by atomic mass is 9.91. The number of ether oxygens (including phenoxy) is 1. The number of carbonyl (C=O) groups is 1. The van der Waals surface area contributed by atoms with Crippen molar-refractivity contribution in [3.8, 4) is 0 Å². The molecule has 1 fully saturated rings. The van der Waals surface area contributed by atoms with E-state index in [4.69, 9.17) is 4.74 Å². The lowest BCUT2D eigenvalue weighted by Gasteiger charge is -2.30. The first-order valence-corrected chi connectivity index (χ1v) is 11.0. The molecule has 0 saturated heterocycles. The highest BCUT2D eigenvalue weighted by atomic mass is 32.1. The lowest BCUT2D eigenvalue weighted by Crippen LogP contribution is -2.41. The van der Waals surface area contributed by atoms with Gasteiger partial charge >= 0.3 is 0 Å². The van der Waals surface area contributed by atoms with Crippen LogP contribution in [0.15, 0.2) is 37.1 Å². The van der Waals surface area contributed by atoms with Crippen molar-refractivity contribution in [2.75, 3.05) is 17.7 Å². The van der Waals surface area contributed by atoms with Crippen LogP contribution in [0.5, 0.6) is 0 Å². The Balaban J connectivity index is 1.50. The van der Waals surface area contributed by atoms with Crippen molar-refractivity contribution in [2.24, 2.45) is 0 Å². The average molecular weight is 440 g/mol. The molecule has 4 rings (SSSR count). The first-order valence-electron chi connectivity index (χ1n) is 10.2. The number of rotatable bonds is 8. The van der Waals surface area contributed by atoms with Crippen LogP contribution in [0.4, 0.5) is 16.9 Å². The van der Waals surface area contributed by atoms with Crippen LogP contribution < -0.4 is 16.0 Å². The van der Waals surface area contributed by atoms with Crippen LogP contribution in [0.25, 0.3) is 10.3 Å². The lowest BCUT2D eigenvalue weighted by molar-refractivity contribution is -0.117. The molecular weight excluding hydrogens is 414 g/mol. The van der Waals surface area contributed by atoms with Gasteiger partial charge in [0.1, 0.15) is 16.2 Å². The fraction of sp³-hybridized carbons (Fsp3) is 0.381. The topological polar surface area (TPSA) is 114 Å². The summed E-state index contributed by atoms with van der Waals surface area (Å²) >= 11 is 1.47. The van der Waals surface area contributed by atoms with Gasteiger partial charge in [0.05, 0.1) is 12.3 Å². The van der Waals surface area contributed by atoms with Crippen LogP contribution in [0.2, 0.25) is 0 Å². The Bertz CT molecular complexity index is 1040. The number of nitrogens with zero attached hydrogens (tertiary/aromatic N) is 4. The Morgan fingerprint density at radius 2 is 2.19 bits per heavy atom. The number of fused-ring (bicyclic) bond motifs is 1. The number of pyridine rings is 1. The second-order valence-electron chi connectivity index (χ2n) is 7.39. The van der Waals surface area contributed by atoms with Gasteiger partial charge in [-0.3, -0.25) is 4.79 Å². The van der Waals surface area contributed by atoms with Crippen molar-refractivity contribution < 1.29 is 9.53 Å². The van der Waals surface area contributed by atoms with E-state index >= 15 is 0 Å². The van der Waals surface area contributed by atoms with Gasteiger partial charge in [-0.1, -0.05) is 17.9 Å². The van der Waals surface area contributed by atoms with Crippen LogP contribution in [0.3, 0.4) is 0 Å². The highest BCUT2D eigenvalue weighted by Crippen LogP contribution is 2.27. The summed E-state index contributed by atoms with van der Waals surface area (Å²) in [6, 6.07) is 5.93. The Morgan fingerprint density at radius 3 is 3.00 bits per heavy atom. The van der Waals surface area contributed by atoms with Crippen LogP contribution in [0, 0.1) is 0 Å². The minimum atomic E-state index is -0.138. The van der Waals surface area contributed by atoms with E-state index in [-0.39, 0.29) is 18.0 Å². The van der Waals surface area contributed by atoms with Crippen molar-refractivity contribution in [1.29, 1.82) is 0 Å². The van der Waals surface area contributed by atoms with Gasteiger partial charge in [0, 0.05) is 31.5 Å². The molecule has 3 heterocycles. The highest BCUT2D eigenvalue weighted by molar-refractivity contribution is 7.21. The minimum Gasteiger partial charge on any atom is -0.378 e. The SMILES string of the molecule is C=CC(=O)N[C@@H]1CCC[C@H](Nc2nc(COC)cc(Nc3nc4cccnc4s3)n2)C1. The minimum absolute atomic E-state index is 0.117. The summed E-state index contributed by atoms with van der Waals surface area (Å²) in [5, 5.41) is 10.4. The highest BCUT2D eigenvalue weighted by Gasteiger charge is 2.23. The fourth-order valence-corrected chi connectivity index (χ4v) is 4.49. The third kappa shape index (κ3) is 5.53. The molecular formula is C21H25N7O2S. The molecule has 2 atom stereocenters. The zero-order chi connectivity index (χ0) is 21.6. The Kier molecular flexibility index (Phi) is 6.68. The summed E-state index contributed by atoms with van der Waals surface area (Å²) in [6.45, 7) is 3.89. The number of methoxy groups -OCH3 is 1. The molecule has 1 amide bonds. The first kappa shape index (κ1) is 21.1. The molecule has 1 aliphatic carbocycles. The van der Waals surface area contributed by atoms with Crippen molar-refractivity contribution in [2.45, 2.75) is 44.4 Å². The van der Waals surface area contributed by atoms with E-state index in [0.717, 1.165) is 41.7 Å². The van der Waals surface area contributed by atoms with E-state index in [1.807, 2.05) is 18.2 Å². The largest absolute Gasteiger partial charge is 0.378 e. The quantitative estimate of drug-likeness (QED) is 0.458. The first-order chi connectivity index (χ1) is 15.1. The number of amides is 1. The van der Waals surface area contributed by atoms with Crippen LogP contribution in [-0.4, -0.2) is 45.0 Å². The predicted molar refractivity (Wildman–Crippen MR) is 121 cm³/mol. The van der Waals surface area contributed by atoms with Gasteiger partial charge in [-0.05, 0) is 43.9 Å². The second-order valence-corrected chi connectivity index (χ2v) is 8.37. The maximum atomic E-state index is 11.6. The van der Waals surface area contributed by atoms with Gasteiger partial charge < -0.3 is 20.7 Å². The molecule has 3 aromatic heterocycles. The third-order valence-corrected chi connectivity index (χ3v) is 5.91. The maximum Gasteiger partial charge on any atom is 0.243 e. The molecule has 0 unspecified atom stereocenters. The summed E-state index contributed by atoms with van der Waals surface area (Å²) < 4.78 is 5.27. The summed E-state index contributed by atoms with van der Waals surface area (Å²) in [6.07, 6.45) is 6.84. The maximum absolute atomic E-state index is 11.6. The van der Waals surface area contributed by atoms with E-state index < -0.39 is 0 Å². The number of thiazole rings is 1. The van der Waals surface area contributed by atoms with Gasteiger partial charge in [-0.25, -0.2) is 15.0 Å². The number of carbonyl (C=O) groups excluding carboxylic acids is 1. The van der Waals surface area contributed by atoms with E-state index in [1.165, 1.54) is 17.4 Å². The summed E-state index contributed by atoms with van der Waals surface area (Å²) in [7, 11) is 1.63. The zero-order valence-corrected chi connectivity index (χ0v) is 18.1. The molecule has 162 valence electrons. The van der Waals surface area contributed by atoms with Gasteiger partial charge in [-0.2, -0.15) is 4.98 Å². The molecule has 31 heavy (non-hydrogen) atoms. The van der Waals surface area contributed by atoms with Gasteiger partial charge in [0.2, 0.25) is 11.9 Å². The van der Waals surface area contributed by atoms with Crippen molar-refractivity contribution in [3.05, 3.63) is 42.7 Å². The Labute approximate surface area is 184 Å². The Morgan fingerprint density at radius 1 is 1.32 bits per heavy atom. The molecule has 0 bridgehead atoms. The Hall–Kier alpha value is -3.11. The van der Waals surface area contributed by atoms with E-state index in [9.17, 15) is 4.79 Å². The zero-order valence-electron chi connectivity index (χ0n) is 17.3. The number of hydrogen-bond acceptors (Lipinski definition) is 9. The number of nitrogens with one attached hydrogen (secondary N) is 3. The fourth-order valence-electron chi connectivity index (χ4n) is 3.68. The molecule has 0 aliphatic heterocycles. The normalized spacial score (nSPS) is 18.5. The van der Waals surface area contributed by atoms with E-state index in [2.05, 4.69) is 42.5 Å². The molecule has 0 aromatic carbocycles. The van der Waals surface area contributed by atoms with E-state index in [1.54, 1.807) is 13.3 Å². The molecule has 0 spiro atoms. The number of aromatic nitrogens is 4. The summed E-state index contributed by atoms with van der Waals surface area (Å²) in [4.78, 5) is 30.6. The molecule has 3 N–H and O–H groups in total. The third-order valence-electron chi connectivity index (χ3n) is 5.01. The van der Waals surface area contributed by atoms with Gasteiger partial charge in [0.25, 0.3) is 0 Å². The molecule has 10 heteroatoms. The molecule has 0 radical (unpaired) electrons.